The summed E-state index contributed by atoms with van der Waals surface area (Å²) in [4.78, 5) is 24.5. The van der Waals surface area contributed by atoms with E-state index in [4.69, 9.17) is 11.6 Å². The number of sulfonamides is 1. The Labute approximate surface area is 152 Å². The minimum absolute atomic E-state index is 0.113. The quantitative estimate of drug-likeness (QED) is 0.592. The molecule has 2 atom stereocenters. The predicted molar refractivity (Wildman–Crippen MR) is 97.2 cm³/mol. The standard InChI is InChI=1S/C18H18ClNO4S/c1-12(14-6-4-3-5-7-14)20-25(23,24)18(13(2)21)17(22)15-8-10-16(19)11-9-15/h3-12,18,20H,1-2H3/t12-,18?/m1/s1. The first-order valence-corrected chi connectivity index (χ1v) is 9.51. The van der Waals surface area contributed by atoms with Crippen molar-refractivity contribution < 1.29 is 18.0 Å². The van der Waals surface area contributed by atoms with Gasteiger partial charge in [0.25, 0.3) is 0 Å². The minimum atomic E-state index is -4.21. The number of hydrogen-bond donors (Lipinski definition) is 1. The van der Waals surface area contributed by atoms with Crippen LogP contribution in [0, 0.1) is 0 Å². The molecule has 0 aliphatic rings. The van der Waals surface area contributed by atoms with Gasteiger partial charge in [0.05, 0.1) is 0 Å². The second-order valence-electron chi connectivity index (χ2n) is 5.66. The van der Waals surface area contributed by atoms with Gasteiger partial charge in [-0.15, -0.1) is 0 Å². The second-order valence-corrected chi connectivity index (χ2v) is 7.89. The molecule has 25 heavy (non-hydrogen) atoms. The molecule has 0 aliphatic carbocycles. The average Bonchev–Trinajstić information content (AvgIpc) is 2.55. The molecule has 2 aromatic carbocycles. The van der Waals surface area contributed by atoms with Gasteiger partial charge >= 0.3 is 0 Å². The van der Waals surface area contributed by atoms with Crippen LogP contribution in [-0.4, -0.2) is 25.2 Å². The molecule has 0 saturated carbocycles. The summed E-state index contributed by atoms with van der Waals surface area (Å²) >= 11 is 5.78. The highest BCUT2D eigenvalue weighted by Gasteiger charge is 2.38. The van der Waals surface area contributed by atoms with Gasteiger partial charge in [0, 0.05) is 16.6 Å². The maximum Gasteiger partial charge on any atom is 0.229 e. The molecule has 2 rings (SSSR count). The highest BCUT2D eigenvalue weighted by Crippen LogP contribution is 2.18. The van der Waals surface area contributed by atoms with Crippen molar-refractivity contribution in [2.45, 2.75) is 25.1 Å². The Kier molecular flexibility index (Phi) is 6.11. The number of rotatable bonds is 7. The average molecular weight is 380 g/mol. The normalized spacial score (nSPS) is 13.9. The summed E-state index contributed by atoms with van der Waals surface area (Å²) in [5, 5.41) is -1.39. The van der Waals surface area contributed by atoms with Crippen LogP contribution in [0.15, 0.2) is 54.6 Å². The third-order valence-electron chi connectivity index (χ3n) is 3.69. The molecule has 0 aromatic heterocycles. The predicted octanol–water partition coefficient (Wildman–Crippen LogP) is 3.16. The van der Waals surface area contributed by atoms with Crippen LogP contribution < -0.4 is 4.72 Å². The third kappa shape index (κ3) is 4.75. The molecule has 0 aliphatic heterocycles. The van der Waals surface area contributed by atoms with E-state index in [-0.39, 0.29) is 5.56 Å². The molecule has 7 heteroatoms. The molecule has 2 aromatic rings. The van der Waals surface area contributed by atoms with E-state index in [9.17, 15) is 18.0 Å². The van der Waals surface area contributed by atoms with Crippen molar-refractivity contribution in [2.75, 3.05) is 0 Å². The Morgan fingerprint density at radius 2 is 1.56 bits per heavy atom. The molecule has 1 N–H and O–H groups in total. The minimum Gasteiger partial charge on any atom is -0.298 e. The lowest BCUT2D eigenvalue weighted by Crippen LogP contribution is -2.44. The van der Waals surface area contributed by atoms with Gasteiger partial charge in [-0.05, 0) is 43.7 Å². The molecule has 0 fully saturated rings. The number of carbonyl (C=O) groups excluding carboxylic acids is 2. The highest BCUT2D eigenvalue weighted by atomic mass is 35.5. The Morgan fingerprint density at radius 3 is 2.08 bits per heavy atom. The van der Waals surface area contributed by atoms with E-state index in [1.54, 1.807) is 31.2 Å². The van der Waals surface area contributed by atoms with Crippen molar-refractivity contribution in [1.29, 1.82) is 0 Å². The highest BCUT2D eigenvalue weighted by molar-refractivity contribution is 7.91. The molecule has 1 unspecified atom stereocenters. The summed E-state index contributed by atoms with van der Waals surface area (Å²) in [5.41, 5.74) is 0.842. The van der Waals surface area contributed by atoms with Crippen molar-refractivity contribution in [2.24, 2.45) is 0 Å². The van der Waals surface area contributed by atoms with E-state index in [0.717, 1.165) is 12.5 Å². The van der Waals surface area contributed by atoms with Crippen molar-refractivity contribution in [3.05, 3.63) is 70.7 Å². The van der Waals surface area contributed by atoms with E-state index in [1.165, 1.54) is 24.3 Å². The molecule has 0 amide bonds. The zero-order chi connectivity index (χ0) is 18.6. The number of Topliss-reactive ketones (excluding diaryl/α,β-unsaturated/α-hetero) is 2. The van der Waals surface area contributed by atoms with Gasteiger partial charge in [0.15, 0.2) is 16.8 Å². The summed E-state index contributed by atoms with van der Waals surface area (Å²) in [7, 11) is -4.21. The maximum absolute atomic E-state index is 12.7. The Hall–Kier alpha value is -2.02. The Balaban J connectivity index is 2.30. The van der Waals surface area contributed by atoms with Gasteiger partial charge in [0.2, 0.25) is 10.0 Å². The summed E-state index contributed by atoms with van der Waals surface area (Å²) in [6.45, 7) is 2.74. The van der Waals surface area contributed by atoms with Crippen LogP contribution in [0.1, 0.15) is 35.8 Å². The molecule has 0 spiro atoms. The fourth-order valence-electron chi connectivity index (χ4n) is 2.43. The fourth-order valence-corrected chi connectivity index (χ4v) is 4.18. The lowest BCUT2D eigenvalue weighted by atomic mass is 10.1. The van der Waals surface area contributed by atoms with E-state index in [2.05, 4.69) is 4.72 Å². The summed E-state index contributed by atoms with van der Waals surface area (Å²) < 4.78 is 27.7. The van der Waals surface area contributed by atoms with E-state index in [1.807, 2.05) is 6.07 Å². The van der Waals surface area contributed by atoms with Crippen LogP contribution in [0.5, 0.6) is 0 Å². The van der Waals surface area contributed by atoms with Gasteiger partial charge in [-0.2, -0.15) is 0 Å². The lowest BCUT2D eigenvalue weighted by Gasteiger charge is -2.19. The smallest absolute Gasteiger partial charge is 0.229 e. The van der Waals surface area contributed by atoms with Crippen LogP contribution >= 0.6 is 11.6 Å². The van der Waals surface area contributed by atoms with Crippen molar-refractivity contribution in [3.63, 3.8) is 0 Å². The number of hydrogen-bond acceptors (Lipinski definition) is 4. The number of halogens is 1. The Morgan fingerprint density at radius 1 is 1.00 bits per heavy atom. The van der Waals surface area contributed by atoms with Crippen LogP contribution in [-0.2, 0) is 14.8 Å². The van der Waals surface area contributed by atoms with E-state index >= 15 is 0 Å². The molecule has 0 saturated heterocycles. The Bertz CT molecular complexity index is 864. The van der Waals surface area contributed by atoms with Gasteiger partial charge < -0.3 is 0 Å². The van der Waals surface area contributed by atoms with Gasteiger partial charge in [-0.1, -0.05) is 41.9 Å². The number of carbonyl (C=O) groups is 2. The molecule has 132 valence electrons. The monoisotopic (exact) mass is 379 g/mol. The van der Waals surface area contributed by atoms with Crippen molar-refractivity contribution in [3.8, 4) is 0 Å². The van der Waals surface area contributed by atoms with Crippen LogP contribution in [0.2, 0.25) is 5.02 Å². The SMILES string of the molecule is CC(=O)C(C(=O)c1ccc(Cl)cc1)S(=O)(=O)N[C@H](C)c1ccccc1. The lowest BCUT2D eigenvalue weighted by molar-refractivity contribution is -0.115. The second kappa shape index (κ2) is 7.91. The first kappa shape index (κ1) is 19.3. The fraction of sp³-hybridized carbons (Fsp3) is 0.222. The van der Waals surface area contributed by atoms with Gasteiger partial charge in [-0.25, -0.2) is 13.1 Å². The molecular formula is C18H18ClNO4S. The first-order chi connectivity index (χ1) is 11.7. The topological polar surface area (TPSA) is 80.3 Å². The van der Waals surface area contributed by atoms with Crippen LogP contribution in [0.25, 0.3) is 0 Å². The zero-order valence-corrected chi connectivity index (χ0v) is 15.3. The zero-order valence-electron chi connectivity index (χ0n) is 13.8. The van der Waals surface area contributed by atoms with E-state index < -0.39 is 32.9 Å². The van der Waals surface area contributed by atoms with Crippen molar-refractivity contribution in [1.82, 2.24) is 4.72 Å². The van der Waals surface area contributed by atoms with E-state index in [0.29, 0.717) is 5.02 Å². The molecular weight excluding hydrogens is 362 g/mol. The largest absolute Gasteiger partial charge is 0.298 e. The van der Waals surface area contributed by atoms with Crippen molar-refractivity contribution >= 4 is 33.2 Å². The van der Waals surface area contributed by atoms with Gasteiger partial charge in [-0.3, -0.25) is 9.59 Å². The number of nitrogens with one attached hydrogen (secondary N) is 1. The number of benzene rings is 2. The first-order valence-electron chi connectivity index (χ1n) is 7.58. The molecule has 5 nitrogen and oxygen atoms in total. The summed E-state index contributed by atoms with van der Waals surface area (Å²) in [6.07, 6.45) is 0. The summed E-state index contributed by atoms with van der Waals surface area (Å²) in [6, 6.07) is 14.1. The third-order valence-corrected chi connectivity index (χ3v) is 5.79. The maximum atomic E-state index is 12.7. The molecule has 0 heterocycles. The van der Waals surface area contributed by atoms with Crippen LogP contribution in [0.4, 0.5) is 0 Å². The van der Waals surface area contributed by atoms with Gasteiger partial charge in [0.1, 0.15) is 0 Å². The van der Waals surface area contributed by atoms with Crippen LogP contribution in [0.3, 0.4) is 0 Å². The number of ketones is 2. The molecule has 0 radical (unpaired) electrons. The summed E-state index contributed by atoms with van der Waals surface area (Å²) in [5.74, 6) is -1.52. The molecule has 0 bridgehead atoms.